The van der Waals surface area contributed by atoms with E-state index in [1.54, 1.807) is 0 Å². The van der Waals surface area contributed by atoms with Crippen LogP contribution < -0.4 is 4.74 Å². The van der Waals surface area contributed by atoms with Gasteiger partial charge in [-0.1, -0.05) is 6.07 Å². The van der Waals surface area contributed by atoms with Crippen molar-refractivity contribution in [2.24, 2.45) is 0 Å². The molecule has 0 spiro atoms. The number of hydrogen-bond acceptors (Lipinski definition) is 3. The zero-order valence-corrected chi connectivity index (χ0v) is 7.94. The summed E-state index contributed by atoms with van der Waals surface area (Å²) < 4.78 is 5.28. The molecule has 2 N–H and O–H groups in total. The third-order valence-electron chi connectivity index (χ3n) is 2.52. The second kappa shape index (κ2) is 3.98. The Morgan fingerprint density at radius 3 is 3.07 bits per heavy atom. The van der Waals surface area contributed by atoms with Crippen LogP contribution in [0.4, 0.5) is 0 Å². The maximum absolute atomic E-state index is 9.57. The van der Waals surface area contributed by atoms with E-state index in [4.69, 9.17) is 9.84 Å². The van der Waals surface area contributed by atoms with Gasteiger partial charge in [-0.3, -0.25) is 0 Å². The van der Waals surface area contributed by atoms with Crippen molar-refractivity contribution in [3.8, 4) is 5.75 Å². The number of ether oxygens (including phenoxy) is 1. The van der Waals surface area contributed by atoms with Gasteiger partial charge in [-0.2, -0.15) is 0 Å². The SMILES string of the molecule is OCCOc1ccc2c(c1)CC[C@H]2O. The molecule has 1 aromatic carbocycles. The predicted molar refractivity (Wildman–Crippen MR) is 52.3 cm³/mol. The first-order valence-corrected chi connectivity index (χ1v) is 4.86. The lowest BCUT2D eigenvalue weighted by molar-refractivity contribution is 0.180. The molecular weight excluding hydrogens is 180 g/mol. The molecule has 1 aliphatic carbocycles. The van der Waals surface area contributed by atoms with Gasteiger partial charge in [0.05, 0.1) is 12.7 Å². The van der Waals surface area contributed by atoms with Gasteiger partial charge in [-0.15, -0.1) is 0 Å². The van der Waals surface area contributed by atoms with E-state index >= 15 is 0 Å². The highest BCUT2D eigenvalue weighted by Gasteiger charge is 2.20. The monoisotopic (exact) mass is 194 g/mol. The quantitative estimate of drug-likeness (QED) is 0.755. The van der Waals surface area contributed by atoms with E-state index in [0.717, 1.165) is 29.7 Å². The average molecular weight is 194 g/mol. The van der Waals surface area contributed by atoms with Gasteiger partial charge >= 0.3 is 0 Å². The molecule has 2 rings (SSSR count). The van der Waals surface area contributed by atoms with Gasteiger partial charge in [0.2, 0.25) is 0 Å². The third kappa shape index (κ3) is 1.74. The third-order valence-corrected chi connectivity index (χ3v) is 2.52. The van der Waals surface area contributed by atoms with Crippen molar-refractivity contribution in [2.45, 2.75) is 18.9 Å². The highest BCUT2D eigenvalue weighted by Crippen LogP contribution is 2.33. The standard InChI is InChI=1S/C11H14O3/c12-5-6-14-9-2-3-10-8(7-9)1-4-11(10)13/h2-3,7,11-13H,1,4-6H2/t11-/m1/s1. The molecule has 0 fully saturated rings. The van der Waals surface area contributed by atoms with Crippen molar-refractivity contribution in [3.63, 3.8) is 0 Å². The summed E-state index contributed by atoms with van der Waals surface area (Å²) in [6, 6.07) is 5.68. The van der Waals surface area contributed by atoms with Crippen LogP contribution in [0.1, 0.15) is 23.7 Å². The molecule has 76 valence electrons. The van der Waals surface area contributed by atoms with Gasteiger partial charge < -0.3 is 14.9 Å². The summed E-state index contributed by atoms with van der Waals surface area (Å²) in [5.74, 6) is 0.770. The highest BCUT2D eigenvalue weighted by molar-refractivity contribution is 5.39. The smallest absolute Gasteiger partial charge is 0.119 e. The fraction of sp³-hybridized carbons (Fsp3) is 0.455. The van der Waals surface area contributed by atoms with Crippen LogP contribution in [0.15, 0.2) is 18.2 Å². The molecular formula is C11H14O3. The molecule has 0 bridgehead atoms. The maximum Gasteiger partial charge on any atom is 0.119 e. The van der Waals surface area contributed by atoms with Crippen molar-refractivity contribution >= 4 is 0 Å². The first-order valence-electron chi connectivity index (χ1n) is 4.86. The summed E-state index contributed by atoms with van der Waals surface area (Å²) in [5.41, 5.74) is 2.18. The number of benzene rings is 1. The number of rotatable bonds is 3. The molecule has 1 aromatic rings. The Labute approximate surface area is 83.0 Å². The van der Waals surface area contributed by atoms with E-state index in [-0.39, 0.29) is 12.7 Å². The van der Waals surface area contributed by atoms with E-state index < -0.39 is 0 Å². The molecule has 0 saturated heterocycles. The Bertz CT molecular complexity index is 322. The van der Waals surface area contributed by atoms with Crippen LogP contribution in [0.3, 0.4) is 0 Å². The Morgan fingerprint density at radius 2 is 2.29 bits per heavy atom. The van der Waals surface area contributed by atoms with Crippen LogP contribution in [-0.2, 0) is 6.42 Å². The van der Waals surface area contributed by atoms with E-state index in [9.17, 15) is 5.11 Å². The zero-order chi connectivity index (χ0) is 9.97. The molecule has 0 heterocycles. The van der Waals surface area contributed by atoms with Gasteiger partial charge in [0.15, 0.2) is 0 Å². The van der Waals surface area contributed by atoms with Gasteiger partial charge in [0, 0.05) is 0 Å². The van der Waals surface area contributed by atoms with Gasteiger partial charge in [0.25, 0.3) is 0 Å². The molecule has 0 aromatic heterocycles. The number of aryl methyl sites for hydroxylation is 1. The van der Waals surface area contributed by atoms with E-state index in [1.165, 1.54) is 0 Å². The minimum Gasteiger partial charge on any atom is -0.491 e. The van der Waals surface area contributed by atoms with Crippen LogP contribution in [0.5, 0.6) is 5.75 Å². The highest BCUT2D eigenvalue weighted by atomic mass is 16.5. The van der Waals surface area contributed by atoms with Crippen LogP contribution in [-0.4, -0.2) is 23.4 Å². The molecule has 14 heavy (non-hydrogen) atoms. The number of aliphatic hydroxyl groups is 2. The predicted octanol–water partition coefficient (Wildman–Crippen LogP) is 1.04. The second-order valence-electron chi connectivity index (χ2n) is 3.49. The van der Waals surface area contributed by atoms with Gasteiger partial charge in [0.1, 0.15) is 12.4 Å². The van der Waals surface area contributed by atoms with E-state index in [2.05, 4.69) is 0 Å². The van der Waals surface area contributed by atoms with Crippen LogP contribution in [0, 0.1) is 0 Å². The van der Waals surface area contributed by atoms with Crippen molar-refractivity contribution in [3.05, 3.63) is 29.3 Å². The van der Waals surface area contributed by atoms with Gasteiger partial charge in [-0.05, 0) is 36.1 Å². The molecule has 0 saturated carbocycles. The summed E-state index contributed by atoms with van der Waals surface area (Å²) >= 11 is 0. The average Bonchev–Trinajstić information content (AvgIpc) is 2.57. The van der Waals surface area contributed by atoms with Crippen LogP contribution in [0.25, 0.3) is 0 Å². The molecule has 3 heteroatoms. The Balaban J connectivity index is 2.15. The van der Waals surface area contributed by atoms with Gasteiger partial charge in [-0.25, -0.2) is 0 Å². The number of fused-ring (bicyclic) bond motifs is 1. The summed E-state index contributed by atoms with van der Waals surface area (Å²) in [4.78, 5) is 0. The fourth-order valence-electron chi connectivity index (χ4n) is 1.82. The molecule has 0 radical (unpaired) electrons. The molecule has 1 aliphatic rings. The summed E-state index contributed by atoms with van der Waals surface area (Å²) in [6.07, 6.45) is 1.41. The molecule has 0 amide bonds. The topological polar surface area (TPSA) is 49.7 Å². The lowest BCUT2D eigenvalue weighted by Gasteiger charge is -2.07. The minimum absolute atomic E-state index is 0.0275. The van der Waals surface area contributed by atoms with Crippen LogP contribution >= 0.6 is 0 Å². The Kier molecular flexibility index (Phi) is 2.70. The summed E-state index contributed by atoms with van der Waals surface area (Å²) in [5, 5.41) is 18.2. The number of aliphatic hydroxyl groups excluding tert-OH is 2. The van der Waals surface area contributed by atoms with E-state index in [1.807, 2.05) is 18.2 Å². The summed E-state index contributed by atoms with van der Waals surface area (Å²) in [6.45, 7) is 0.348. The molecule has 0 unspecified atom stereocenters. The van der Waals surface area contributed by atoms with Crippen molar-refractivity contribution < 1.29 is 14.9 Å². The number of hydrogen-bond donors (Lipinski definition) is 2. The Hall–Kier alpha value is -1.06. The normalized spacial score (nSPS) is 19.4. The second-order valence-corrected chi connectivity index (χ2v) is 3.49. The summed E-state index contributed by atoms with van der Waals surface area (Å²) in [7, 11) is 0. The van der Waals surface area contributed by atoms with Crippen molar-refractivity contribution in [1.82, 2.24) is 0 Å². The lowest BCUT2D eigenvalue weighted by Crippen LogP contribution is -2.02. The first-order chi connectivity index (χ1) is 6.81. The molecule has 3 nitrogen and oxygen atoms in total. The Morgan fingerprint density at radius 1 is 1.43 bits per heavy atom. The van der Waals surface area contributed by atoms with E-state index in [0.29, 0.717) is 6.61 Å². The molecule has 0 aliphatic heterocycles. The van der Waals surface area contributed by atoms with Crippen molar-refractivity contribution in [1.29, 1.82) is 0 Å². The first kappa shape index (κ1) is 9.49. The molecule has 1 atom stereocenters. The minimum atomic E-state index is -0.308. The van der Waals surface area contributed by atoms with Crippen LogP contribution in [0.2, 0.25) is 0 Å². The zero-order valence-electron chi connectivity index (χ0n) is 7.94. The largest absolute Gasteiger partial charge is 0.491 e. The lowest BCUT2D eigenvalue weighted by atomic mass is 10.1. The van der Waals surface area contributed by atoms with Crippen molar-refractivity contribution in [2.75, 3.05) is 13.2 Å². The maximum atomic E-state index is 9.57. The fourth-order valence-corrected chi connectivity index (χ4v) is 1.82.